The molecule has 2 heterocycles. The number of aliphatic hydroxyl groups is 1. The Labute approximate surface area is 103 Å². The number of ether oxygens (including phenoxy) is 1. The van der Waals surface area contributed by atoms with E-state index < -0.39 is 6.10 Å². The van der Waals surface area contributed by atoms with E-state index >= 15 is 0 Å². The third-order valence-electron chi connectivity index (χ3n) is 3.03. The highest BCUT2D eigenvalue weighted by atomic mass is 16.5. The normalized spacial score (nSPS) is 15.3. The van der Waals surface area contributed by atoms with Gasteiger partial charge in [-0.05, 0) is 18.6 Å². The lowest BCUT2D eigenvalue weighted by Gasteiger charge is -2.13. The molecule has 1 atom stereocenters. The Morgan fingerprint density at radius 2 is 2.28 bits per heavy atom. The number of aliphatic hydroxyl groups excluding tert-OH is 1. The summed E-state index contributed by atoms with van der Waals surface area (Å²) in [6.45, 7) is 1.88. The predicted molar refractivity (Wildman–Crippen MR) is 61.1 cm³/mol. The molecule has 0 bridgehead atoms. The van der Waals surface area contributed by atoms with Crippen LogP contribution in [0.4, 0.5) is 0 Å². The second-order valence-electron chi connectivity index (χ2n) is 4.18. The van der Waals surface area contributed by atoms with Crippen LogP contribution in [-0.2, 0) is 22.7 Å². The van der Waals surface area contributed by atoms with Gasteiger partial charge in [0.1, 0.15) is 6.61 Å². The van der Waals surface area contributed by atoms with Crippen molar-refractivity contribution in [2.24, 2.45) is 0 Å². The fourth-order valence-electron chi connectivity index (χ4n) is 2.14. The number of pyridine rings is 1. The maximum Gasteiger partial charge on any atom is 0.293 e. The van der Waals surface area contributed by atoms with Crippen LogP contribution in [0, 0.1) is 0 Å². The molecule has 6 heteroatoms. The standard InChI is InChI=1S/C12H13NO5/c1-7(15)8-4-10-11(16)2-3-13(10)12(17)9(8)5-18-6-14/h4,6-7,15H,2-3,5H2,1H3. The number of rotatable bonds is 4. The zero-order chi connectivity index (χ0) is 13.3. The van der Waals surface area contributed by atoms with Gasteiger partial charge in [-0.3, -0.25) is 14.4 Å². The van der Waals surface area contributed by atoms with Crippen molar-refractivity contribution in [2.45, 2.75) is 32.6 Å². The first kappa shape index (κ1) is 12.5. The molecule has 0 aliphatic carbocycles. The van der Waals surface area contributed by atoms with Crippen LogP contribution < -0.4 is 5.56 Å². The first-order chi connectivity index (χ1) is 8.56. The maximum atomic E-state index is 12.1. The number of nitrogens with zero attached hydrogens (tertiary/aromatic N) is 1. The molecule has 1 unspecified atom stereocenters. The lowest BCUT2D eigenvalue weighted by atomic mass is 10.0. The molecule has 0 fully saturated rings. The Morgan fingerprint density at radius 3 is 2.89 bits per heavy atom. The summed E-state index contributed by atoms with van der Waals surface area (Å²) in [6, 6.07) is 1.50. The summed E-state index contributed by atoms with van der Waals surface area (Å²) >= 11 is 0. The molecule has 1 aromatic heterocycles. The third-order valence-corrected chi connectivity index (χ3v) is 3.03. The lowest BCUT2D eigenvalue weighted by molar-refractivity contribution is -0.129. The molecule has 18 heavy (non-hydrogen) atoms. The van der Waals surface area contributed by atoms with Crippen LogP contribution in [0.2, 0.25) is 0 Å². The monoisotopic (exact) mass is 251 g/mol. The summed E-state index contributed by atoms with van der Waals surface area (Å²) in [6.07, 6.45) is -0.616. The van der Waals surface area contributed by atoms with E-state index in [1.54, 1.807) is 0 Å². The molecule has 0 radical (unpaired) electrons. The molecule has 6 nitrogen and oxygen atoms in total. The van der Waals surface area contributed by atoms with Crippen LogP contribution >= 0.6 is 0 Å². The van der Waals surface area contributed by atoms with E-state index in [9.17, 15) is 19.5 Å². The van der Waals surface area contributed by atoms with Gasteiger partial charge in [0.2, 0.25) is 0 Å². The van der Waals surface area contributed by atoms with Crippen molar-refractivity contribution >= 4 is 12.3 Å². The van der Waals surface area contributed by atoms with Gasteiger partial charge in [-0.2, -0.15) is 0 Å². The number of fused-ring (bicyclic) bond motifs is 1. The van der Waals surface area contributed by atoms with Crippen molar-refractivity contribution in [1.82, 2.24) is 4.57 Å². The SMILES string of the molecule is CC(O)c1cc2n(c(=O)c1COC=O)CCC2=O. The zero-order valence-electron chi connectivity index (χ0n) is 9.88. The van der Waals surface area contributed by atoms with Crippen molar-refractivity contribution in [3.63, 3.8) is 0 Å². The molecule has 0 spiro atoms. The molecule has 1 aliphatic rings. The number of carbonyl (C=O) groups is 2. The van der Waals surface area contributed by atoms with Gasteiger partial charge >= 0.3 is 0 Å². The minimum Gasteiger partial charge on any atom is -0.463 e. The molecule has 1 N–H and O–H groups in total. The Balaban J connectivity index is 2.61. The largest absolute Gasteiger partial charge is 0.463 e. The van der Waals surface area contributed by atoms with E-state index in [1.165, 1.54) is 17.6 Å². The van der Waals surface area contributed by atoms with Crippen molar-refractivity contribution in [1.29, 1.82) is 0 Å². The molecule has 2 rings (SSSR count). The molecular weight excluding hydrogens is 238 g/mol. The number of hydrogen-bond donors (Lipinski definition) is 1. The lowest BCUT2D eigenvalue weighted by Crippen LogP contribution is -2.26. The maximum absolute atomic E-state index is 12.1. The summed E-state index contributed by atoms with van der Waals surface area (Å²) in [5.41, 5.74) is 0.487. The van der Waals surface area contributed by atoms with Gasteiger partial charge < -0.3 is 14.4 Å². The zero-order valence-corrected chi connectivity index (χ0v) is 9.88. The van der Waals surface area contributed by atoms with Crippen LogP contribution in [0.25, 0.3) is 0 Å². The van der Waals surface area contributed by atoms with E-state index in [1.807, 2.05) is 0 Å². The average Bonchev–Trinajstić information content (AvgIpc) is 2.70. The highest BCUT2D eigenvalue weighted by Crippen LogP contribution is 2.21. The molecule has 0 saturated carbocycles. The minimum atomic E-state index is -0.901. The molecular formula is C12H13NO5. The minimum absolute atomic E-state index is 0.114. The Hall–Kier alpha value is -1.95. The molecule has 96 valence electrons. The van der Waals surface area contributed by atoms with Crippen molar-refractivity contribution < 1.29 is 19.4 Å². The molecule has 1 aliphatic heterocycles. The number of hydrogen-bond acceptors (Lipinski definition) is 5. The van der Waals surface area contributed by atoms with E-state index in [0.717, 1.165) is 0 Å². The Bertz CT molecular complexity index is 558. The van der Waals surface area contributed by atoms with Crippen molar-refractivity contribution in [2.75, 3.05) is 0 Å². The molecule has 0 saturated heterocycles. The third kappa shape index (κ3) is 1.95. The Morgan fingerprint density at radius 1 is 1.56 bits per heavy atom. The summed E-state index contributed by atoms with van der Waals surface area (Å²) in [5.74, 6) is -0.114. The second kappa shape index (κ2) is 4.73. The highest BCUT2D eigenvalue weighted by Gasteiger charge is 2.25. The summed E-state index contributed by atoms with van der Waals surface area (Å²) in [5, 5.41) is 9.64. The van der Waals surface area contributed by atoms with Gasteiger partial charge in [0, 0.05) is 13.0 Å². The van der Waals surface area contributed by atoms with Crippen molar-refractivity contribution in [3.8, 4) is 0 Å². The van der Waals surface area contributed by atoms with Gasteiger partial charge in [-0.15, -0.1) is 0 Å². The van der Waals surface area contributed by atoms with Crippen LogP contribution in [0.15, 0.2) is 10.9 Å². The summed E-state index contributed by atoms with van der Waals surface area (Å²) in [7, 11) is 0. The van der Waals surface area contributed by atoms with Gasteiger partial charge in [-0.25, -0.2) is 0 Å². The molecule has 0 amide bonds. The topological polar surface area (TPSA) is 85.6 Å². The van der Waals surface area contributed by atoms with E-state index in [4.69, 9.17) is 0 Å². The van der Waals surface area contributed by atoms with Crippen molar-refractivity contribution in [3.05, 3.63) is 33.2 Å². The van der Waals surface area contributed by atoms with E-state index in [0.29, 0.717) is 17.8 Å². The molecule has 1 aromatic rings. The number of Topliss-reactive ketones (excluding diaryl/α,β-unsaturated/α-hetero) is 1. The van der Waals surface area contributed by atoms with E-state index in [2.05, 4.69) is 4.74 Å². The summed E-state index contributed by atoms with van der Waals surface area (Å²) < 4.78 is 5.95. The number of carbonyl (C=O) groups excluding carboxylic acids is 2. The Kier molecular flexibility index (Phi) is 3.29. The van der Waals surface area contributed by atoms with Gasteiger partial charge in [0.15, 0.2) is 5.78 Å². The van der Waals surface area contributed by atoms with Crippen LogP contribution in [0.3, 0.4) is 0 Å². The van der Waals surface area contributed by atoms with Gasteiger partial charge in [0.05, 0.1) is 17.4 Å². The van der Waals surface area contributed by atoms with E-state index in [-0.39, 0.29) is 36.4 Å². The smallest absolute Gasteiger partial charge is 0.293 e. The molecule has 0 aromatic carbocycles. The number of ketones is 1. The first-order valence-electron chi connectivity index (χ1n) is 5.59. The fourth-order valence-corrected chi connectivity index (χ4v) is 2.14. The summed E-state index contributed by atoms with van der Waals surface area (Å²) in [4.78, 5) is 33.9. The highest BCUT2D eigenvalue weighted by molar-refractivity contribution is 5.96. The average molecular weight is 251 g/mol. The first-order valence-corrected chi connectivity index (χ1v) is 5.59. The second-order valence-corrected chi connectivity index (χ2v) is 4.18. The van der Waals surface area contributed by atoms with Crippen LogP contribution in [0.5, 0.6) is 0 Å². The number of aromatic nitrogens is 1. The quantitative estimate of drug-likeness (QED) is 0.770. The predicted octanol–water partition coefficient (Wildman–Crippen LogP) is 0.161. The fraction of sp³-hybridized carbons (Fsp3) is 0.417. The van der Waals surface area contributed by atoms with Crippen LogP contribution in [0.1, 0.15) is 41.1 Å². The van der Waals surface area contributed by atoms with Crippen LogP contribution in [-0.4, -0.2) is 21.9 Å². The van der Waals surface area contributed by atoms with Gasteiger partial charge in [-0.1, -0.05) is 0 Å². The van der Waals surface area contributed by atoms with Gasteiger partial charge in [0.25, 0.3) is 12.0 Å².